The van der Waals surface area contributed by atoms with E-state index in [4.69, 9.17) is 17.0 Å². The van der Waals surface area contributed by atoms with E-state index in [1.807, 2.05) is 84.7 Å². The molecule has 2 aromatic heterocycles. The Morgan fingerprint density at radius 1 is 1.07 bits per heavy atom. The Hall–Kier alpha value is -3.65. The lowest BCUT2D eigenvalue weighted by Crippen LogP contribution is -2.20. The first-order valence-electron chi connectivity index (χ1n) is 9.41. The van der Waals surface area contributed by atoms with E-state index in [-0.39, 0.29) is 12.5 Å². The third kappa shape index (κ3) is 3.77. The van der Waals surface area contributed by atoms with E-state index in [2.05, 4.69) is 10.4 Å². The number of aryl methyl sites for hydroxylation is 1. The van der Waals surface area contributed by atoms with Crippen LogP contribution >= 0.6 is 12.2 Å². The molecule has 2 aromatic carbocycles. The Labute approximate surface area is 179 Å². The number of ether oxygens (including phenoxy) is 1. The van der Waals surface area contributed by atoms with E-state index in [1.165, 1.54) is 4.68 Å². The molecular formula is C22H21N5O2S. The highest BCUT2D eigenvalue weighted by Crippen LogP contribution is 2.29. The molecule has 8 heteroatoms. The van der Waals surface area contributed by atoms with E-state index in [0.29, 0.717) is 16.3 Å². The van der Waals surface area contributed by atoms with Gasteiger partial charge in [0.25, 0.3) is 0 Å². The number of benzene rings is 2. The van der Waals surface area contributed by atoms with Crippen LogP contribution in [0.15, 0.2) is 73.1 Å². The number of hydrogen-bond donors (Lipinski definition) is 1. The minimum Gasteiger partial charge on any atom is -0.496 e. The summed E-state index contributed by atoms with van der Waals surface area (Å²) in [5.41, 5.74) is 2.53. The molecule has 30 heavy (non-hydrogen) atoms. The maximum atomic E-state index is 12.7. The Balaban J connectivity index is 1.74. The van der Waals surface area contributed by atoms with Crippen molar-refractivity contribution in [1.82, 2.24) is 19.1 Å². The molecule has 0 aliphatic rings. The third-order valence-electron chi connectivity index (χ3n) is 4.70. The molecule has 0 saturated heterocycles. The molecule has 7 nitrogen and oxygen atoms in total. The van der Waals surface area contributed by atoms with E-state index < -0.39 is 0 Å². The molecule has 1 N–H and O–H groups in total. The van der Waals surface area contributed by atoms with Gasteiger partial charge in [0.05, 0.1) is 12.7 Å². The van der Waals surface area contributed by atoms with E-state index >= 15 is 0 Å². The minimum absolute atomic E-state index is 0.0103. The van der Waals surface area contributed by atoms with Gasteiger partial charge in [-0.3, -0.25) is 9.47 Å². The summed E-state index contributed by atoms with van der Waals surface area (Å²) in [6, 6.07) is 19.0. The first-order valence-corrected chi connectivity index (χ1v) is 9.81. The summed E-state index contributed by atoms with van der Waals surface area (Å²) in [5.74, 6) is 1.05. The van der Waals surface area contributed by atoms with E-state index in [1.54, 1.807) is 11.8 Å². The maximum Gasteiger partial charge on any atom is 0.246 e. The molecule has 4 rings (SSSR count). The fourth-order valence-corrected chi connectivity index (χ4v) is 3.49. The zero-order chi connectivity index (χ0) is 21.1. The number of nitrogens with zero attached hydrogens (tertiary/aromatic N) is 4. The van der Waals surface area contributed by atoms with Crippen LogP contribution in [-0.2, 0) is 11.3 Å². The third-order valence-corrected chi connectivity index (χ3v) is 5.08. The van der Waals surface area contributed by atoms with Gasteiger partial charge in [-0.15, -0.1) is 5.10 Å². The smallest absolute Gasteiger partial charge is 0.246 e. The molecule has 0 spiro atoms. The van der Waals surface area contributed by atoms with Crippen molar-refractivity contribution in [2.24, 2.45) is 0 Å². The lowest BCUT2D eigenvalue weighted by atomic mass is 10.2. The fourth-order valence-electron chi connectivity index (χ4n) is 3.21. The second-order valence-corrected chi connectivity index (χ2v) is 7.07. The number of aromatic nitrogens is 4. The zero-order valence-corrected chi connectivity index (χ0v) is 17.5. The summed E-state index contributed by atoms with van der Waals surface area (Å²) >= 11 is 5.67. The molecule has 152 valence electrons. The van der Waals surface area contributed by atoms with Gasteiger partial charge in [0.2, 0.25) is 10.7 Å². The first kappa shape index (κ1) is 19.7. The highest BCUT2D eigenvalue weighted by Gasteiger charge is 2.19. The molecule has 0 fully saturated rings. The standard InChI is InChI=1S/C22H21N5O2S/c1-16-9-3-5-11-18(16)23-20(28)15-26-22(30)27(25-13-7-8-14-25)21(24-26)17-10-4-6-12-19(17)29-2/h3-14H,15H2,1-2H3,(H,23,28). The number of carbonyl (C=O) groups excluding carboxylic acids is 1. The molecule has 0 aliphatic heterocycles. The van der Waals surface area contributed by atoms with Crippen LogP contribution in [0.4, 0.5) is 5.69 Å². The quantitative estimate of drug-likeness (QED) is 0.477. The fraction of sp³-hybridized carbons (Fsp3) is 0.136. The van der Waals surface area contributed by atoms with Crippen LogP contribution in [-0.4, -0.2) is 32.1 Å². The predicted octanol–water partition coefficient (Wildman–Crippen LogP) is 4.15. The van der Waals surface area contributed by atoms with Crippen LogP contribution in [0.2, 0.25) is 0 Å². The summed E-state index contributed by atoms with van der Waals surface area (Å²) in [5, 5.41) is 7.59. The molecule has 0 radical (unpaired) electrons. The van der Waals surface area contributed by atoms with Crippen molar-refractivity contribution < 1.29 is 9.53 Å². The molecule has 0 bridgehead atoms. The number of anilines is 1. The van der Waals surface area contributed by atoms with E-state index in [0.717, 1.165) is 16.8 Å². The molecule has 0 aliphatic carbocycles. The topological polar surface area (TPSA) is 66.0 Å². The number of rotatable bonds is 6. The van der Waals surface area contributed by atoms with Gasteiger partial charge in [-0.1, -0.05) is 30.3 Å². The molecule has 2 heterocycles. The highest BCUT2D eigenvalue weighted by atomic mass is 32.1. The maximum absolute atomic E-state index is 12.7. The first-order chi connectivity index (χ1) is 14.6. The van der Waals surface area contributed by atoms with Gasteiger partial charge in [-0.05, 0) is 55.0 Å². The largest absolute Gasteiger partial charge is 0.496 e. The van der Waals surface area contributed by atoms with Crippen molar-refractivity contribution in [3.8, 4) is 17.1 Å². The van der Waals surface area contributed by atoms with Crippen LogP contribution in [0.1, 0.15) is 5.56 Å². The predicted molar refractivity (Wildman–Crippen MR) is 118 cm³/mol. The number of hydrogen-bond acceptors (Lipinski definition) is 4. The zero-order valence-electron chi connectivity index (χ0n) is 16.6. The number of nitrogens with one attached hydrogen (secondary N) is 1. The number of carbonyl (C=O) groups is 1. The SMILES string of the molecule is COc1ccccc1-c1nn(CC(=O)Nc2ccccc2C)c(=S)n1-n1cccc1. The summed E-state index contributed by atoms with van der Waals surface area (Å²) in [4.78, 5) is 12.7. The summed E-state index contributed by atoms with van der Waals surface area (Å²) in [6.07, 6.45) is 3.74. The van der Waals surface area contributed by atoms with Crippen LogP contribution in [0.25, 0.3) is 11.4 Å². The van der Waals surface area contributed by atoms with Gasteiger partial charge in [0.15, 0.2) is 5.82 Å². The van der Waals surface area contributed by atoms with Crippen molar-refractivity contribution in [2.45, 2.75) is 13.5 Å². The van der Waals surface area contributed by atoms with Gasteiger partial charge < -0.3 is 10.1 Å². The Kier molecular flexibility index (Phi) is 5.49. The normalized spacial score (nSPS) is 10.7. The van der Waals surface area contributed by atoms with Crippen molar-refractivity contribution in [3.05, 3.63) is 83.4 Å². The lowest BCUT2D eigenvalue weighted by molar-refractivity contribution is -0.116. The average molecular weight is 420 g/mol. The minimum atomic E-state index is -0.205. The molecule has 1 amide bonds. The second-order valence-electron chi connectivity index (χ2n) is 6.70. The van der Waals surface area contributed by atoms with Crippen LogP contribution < -0.4 is 10.1 Å². The monoisotopic (exact) mass is 419 g/mol. The average Bonchev–Trinajstić information content (AvgIpc) is 3.38. The van der Waals surface area contributed by atoms with Crippen molar-refractivity contribution in [3.63, 3.8) is 0 Å². The lowest BCUT2D eigenvalue weighted by Gasteiger charge is -2.10. The summed E-state index contributed by atoms with van der Waals surface area (Å²) in [6.45, 7) is 1.94. The molecule has 0 saturated carbocycles. The van der Waals surface area contributed by atoms with Crippen molar-refractivity contribution in [2.75, 3.05) is 12.4 Å². The van der Waals surface area contributed by atoms with E-state index in [9.17, 15) is 4.79 Å². The number of methoxy groups -OCH3 is 1. The Morgan fingerprint density at radius 3 is 2.50 bits per heavy atom. The summed E-state index contributed by atoms with van der Waals surface area (Å²) in [7, 11) is 1.61. The van der Waals surface area contributed by atoms with Crippen molar-refractivity contribution in [1.29, 1.82) is 0 Å². The van der Waals surface area contributed by atoms with Crippen LogP contribution in [0.3, 0.4) is 0 Å². The van der Waals surface area contributed by atoms with Crippen LogP contribution in [0.5, 0.6) is 5.75 Å². The highest BCUT2D eigenvalue weighted by molar-refractivity contribution is 7.71. The van der Waals surface area contributed by atoms with Gasteiger partial charge >= 0.3 is 0 Å². The van der Waals surface area contributed by atoms with Gasteiger partial charge in [0, 0.05) is 18.1 Å². The number of amides is 1. The van der Waals surface area contributed by atoms with Gasteiger partial charge in [-0.25, -0.2) is 9.36 Å². The van der Waals surface area contributed by atoms with Crippen LogP contribution in [0, 0.1) is 11.7 Å². The Morgan fingerprint density at radius 2 is 1.77 bits per heavy atom. The molecular weight excluding hydrogens is 398 g/mol. The second kappa shape index (κ2) is 8.38. The van der Waals surface area contributed by atoms with Gasteiger partial charge in [-0.2, -0.15) is 0 Å². The van der Waals surface area contributed by atoms with Crippen molar-refractivity contribution >= 4 is 23.8 Å². The Bertz CT molecular complexity index is 1240. The molecule has 0 unspecified atom stereocenters. The summed E-state index contributed by atoms with van der Waals surface area (Å²) < 4.78 is 11.0. The molecule has 4 aromatic rings. The number of para-hydroxylation sites is 2. The van der Waals surface area contributed by atoms with Gasteiger partial charge in [0.1, 0.15) is 12.3 Å². The molecule has 0 atom stereocenters.